The Hall–Kier alpha value is -1.14. The zero-order chi connectivity index (χ0) is 9.72. The van der Waals surface area contributed by atoms with E-state index >= 15 is 0 Å². The predicted octanol–water partition coefficient (Wildman–Crippen LogP) is -1.34. The SMILES string of the molecule is O=C(O)C[C@@H](O)[C@H](O)CC(=O)O. The summed E-state index contributed by atoms with van der Waals surface area (Å²) >= 11 is 0. The first-order valence-corrected chi connectivity index (χ1v) is 3.23. The third kappa shape index (κ3) is 4.64. The molecule has 0 aliphatic rings. The Morgan fingerprint density at radius 2 is 1.17 bits per heavy atom. The Morgan fingerprint density at radius 3 is 1.33 bits per heavy atom. The molecular weight excluding hydrogens is 168 g/mol. The van der Waals surface area contributed by atoms with Crippen LogP contribution >= 0.6 is 0 Å². The fourth-order valence-electron chi connectivity index (χ4n) is 0.630. The lowest BCUT2D eigenvalue weighted by molar-refractivity contribution is -0.146. The average molecular weight is 178 g/mol. The largest absolute Gasteiger partial charge is 0.481 e. The van der Waals surface area contributed by atoms with Gasteiger partial charge in [0.1, 0.15) is 0 Å². The average Bonchev–Trinajstić information content (AvgIpc) is 1.84. The van der Waals surface area contributed by atoms with E-state index in [-0.39, 0.29) is 0 Å². The second kappa shape index (κ2) is 4.68. The quantitative estimate of drug-likeness (QED) is 0.414. The van der Waals surface area contributed by atoms with Crippen LogP contribution in [0.1, 0.15) is 12.8 Å². The van der Waals surface area contributed by atoms with E-state index in [0.29, 0.717) is 0 Å². The van der Waals surface area contributed by atoms with Crippen LogP contribution in [0.5, 0.6) is 0 Å². The summed E-state index contributed by atoms with van der Waals surface area (Å²) in [5.41, 5.74) is 0. The highest BCUT2D eigenvalue weighted by atomic mass is 16.4. The van der Waals surface area contributed by atoms with Gasteiger partial charge < -0.3 is 20.4 Å². The minimum Gasteiger partial charge on any atom is -0.481 e. The number of aliphatic hydroxyl groups is 2. The maximum atomic E-state index is 9.98. The molecule has 0 fully saturated rings. The molecule has 70 valence electrons. The number of carbonyl (C=O) groups is 2. The standard InChI is InChI=1S/C6H10O6/c7-3(1-5(9)10)4(8)2-6(11)12/h3-4,7-8H,1-2H2,(H,9,10)(H,11,12)/t3-,4-/m1/s1. The number of hydrogen-bond donors (Lipinski definition) is 4. The summed E-state index contributed by atoms with van der Waals surface area (Å²) in [4.78, 5) is 20.0. The van der Waals surface area contributed by atoms with E-state index in [4.69, 9.17) is 20.4 Å². The van der Waals surface area contributed by atoms with Crippen LogP contribution in [0.25, 0.3) is 0 Å². The van der Waals surface area contributed by atoms with Crippen LogP contribution in [0.15, 0.2) is 0 Å². The van der Waals surface area contributed by atoms with Crippen molar-refractivity contribution in [2.24, 2.45) is 0 Å². The number of carboxylic acid groups (broad SMARTS) is 2. The molecule has 0 saturated heterocycles. The summed E-state index contributed by atoms with van der Waals surface area (Å²) < 4.78 is 0. The van der Waals surface area contributed by atoms with Crippen molar-refractivity contribution < 1.29 is 30.0 Å². The zero-order valence-corrected chi connectivity index (χ0v) is 6.17. The first kappa shape index (κ1) is 10.9. The summed E-state index contributed by atoms with van der Waals surface area (Å²) in [6, 6.07) is 0. The van der Waals surface area contributed by atoms with Gasteiger partial charge in [-0.25, -0.2) is 0 Å². The molecule has 0 radical (unpaired) electrons. The van der Waals surface area contributed by atoms with Crippen molar-refractivity contribution >= 4 is 11.9 Å². The number of hydrogen-bond acceptors (Lipinski definition) is 4. The van der Waals surface area contributed by atoms with Gasteiger partial charge in [-0.1, -0.05) is 0 Å². The van der Waals surface area contributed by atoms with E-state index in [2.05, 4.69) is 0 Å². The minimum absolute atomic E-state index is 0.658. The van der Waals surface area contributed by atoms with E-state index in [9.17, 15) is 9.59 Å². The highest BCUT2D eigenvalue weighted by Crippen LogP contribution is 2.03. The van der Waals surface area contributed by atoms with Crippen LogP contribution in [0.3, 0.4) is 0 Å². The summed E-state index contributed by atoms with van der Waals surface area (Å²) in [7, 11) is 0. The van der Waals surface area contributed by atoms with Crippen molar-refractivity contribution in [2.75, 3.05) is 0 Å². The smallest absolute Gasteiger partial charge is 0.306 e. The van der Waals surface area contributed by atoms with Crippen molar-refractivity contribution in [2.45, 2.75) is 25.0 Å². The molecule has 0 saturated carbocycles. The fourth-order valence-corrected chi connectivity index (χ4v) is 0.630. The van der Waals surface area contributed by atoms with E-state index in [1.165, 1.54) is 0 Å². The molecule has 6 nitrogen and oxygen atoms in total. The van der Waals surface area contributed by atoms with Crippen molar-refractivity contribution in [1.29, 1.82) is 0 Å². The Morgan fingerprint density at radius 1 is 0.917 bits per heavy atom. The maximum Gasteiger partial charge on any atom is 0.306 e. The number of aliphatic carboxylic acids is 2. The highest BCUT2D eigenvalue weighted by molar-refractivity contribution is 5.69. The predicted molar refractivity (Wildman–Crippen MR) is 36.5 cm³/mol. The van der Waals surface area contributed by atoms with Crippen LogP contribution in [-0.4, -0.2) is 44.6 Å². The molecule has 0 heterocycles. The van der Waals surface area contributed by atoms with Crippen LogP contribution in [0.4, 0.5) is 0 Å². The molecule has 0 rings (SSSR count). The molecule has 0 aliphatic carbocycles. The molecule has 0 aromatic heterocycles. The van der Waals surface area contributed by atoms with E-state index < -0.39 is 37.0 Å². The first-order chi connectivity index (χ1) is 5.43. The molecule has 0 aromatic rings. The molecule has 6 heteroatoms. The van der Waals surface area contributed by atoms with E-state index in [1.807, 2.05) is 0 Å². The molecule has 0 bridgehead atoms. The second-order valence-corrected chi connectivity index (χ2v) is 2.33. The Kier molecular flexibility index (Phi) is 4.24. The third-order valence-corrected chi connectivity index (χ3v) is 1.21. The first-order valence-electron chi connectivity index (χ1n) is 3.23. The normalized spacial score (nSPS) is 15.2. The Labute approximate surface area is 68.1 Å². The molecule has 12 heavy (non-hydrogen) atoms. The van der Waals surface area contributed by atoms with Crippen molar-refractivity contribution in [3.63, 3.8) is 0 Å². The van der Waals surface area contributed by atoms with E-state index in [0.717, 1.165) is 0 Å². The lowest BCUT2D eigenvalue weighted by Gasteiger charge is -2.13. The van der Waals surface area contributed by atoms with Crippen LogP contribution in [0.2, 0.25) is 0 Å². The number of aliphatic hydroxyl groups excluding tert-OH is 2. The Bertz CT molecular complexity index is 157. The molecule has 0 spiro atoms. The molecule has 4 N–H and O–H groups in total. The summed E-state index contributed by atoms with van der Waals surface area (Å²) in [5, 5.41) is 34.0. The molecule has 0 unspecified atom stereocenters. The van der Waals surface area contributed by atoms with Crippen LogP contribution in [0, 0.1) is 0 Å². The van der Waals surface area contributed by atoms with Crippen LogP contribution in [-0.2, 0) is 9.59 Å². The molecular formula is C6H10O6. The molecule has 2 atom stereocenters. The molecule has 0 aliphatic heterocycles. The zero-order valence-electron chi connectivity index (χ0n) is 6.17. The van der Waals surface area contributed by atoms with Crippen molar-refractivity contribution in [1.82, 2.24) is 0 Å². The van der Waals surface area contributed by atoms with Gasteiger partial charge >= 0.3 is 11.9 Å². The fraction of sp³-hybridized carbons (Fsp3) is 0.667. The van der Waals surface area contributed by atoms with Crippen molar-refractivity contribution in [3.8, 4) is 0 Å². The maximum absolute atomic E-state index is 9.98. The Balaban J connectivity index is 3.83. The highest BCUT2D eigenvalue weighted by Gasteiger charge is 2.21. The third-order valence-electron chi connectivity index (χ3n) is 1.21. The van der Waals surface area contributed by atoms with Gasteiger partial charge in [0.05, 0.1) is 25.0 Å². The number of rotatable bonds is 5. The monoisotopic (exact) mass is 178 g/mol. The van der Waals surface area contributed by atoms with Gasteiger partial charge in [0, 0.05) is 0 Å². The lowest BCUT2D eigenvalue weighted by Crippen LogP contribution is -2.30. The molecule has 0 aromatic carbocycles. The topological polar surface area (TPSA) is 115 Å². The van der Waals surface area contributed by atoms with Gasteiger partial charge in [0.2, 0.25) is 0 Å². The minimum atomic E-state index is -1.53. The van der Waals surface area contributed by atoms with Crippen LogP contribution < -0.4 is 0 Å². The lowest BCUT2D eigenvalue weighted by atomic mass is 10.1. The van der Waals surface area contributed by atoms with Gasteiger partial charge in [-0.2, -0.15) is 0 Å². The van der Waals surface area contributed by atoms with Gasteiger partial charge in [-0.15, -0.1) is 0 Å². The van der Waals surface area contributed by atoms with Crippen molar-refractivity contribution in [3.05, 3.63) is 0 Å². The summed E-state index contributed by atoms with van der Waals surface area (Å²) in [5.74, 6) is -2.57. The summed E-state index contributed by atoms with van der Waals surface area (Å²) in [6.07, 6.45) is -4.37. The number of carboxylic acids is 2. The van der Waals surface area contributed by atoms with Gasteiger partial charge in [0.15, 0.2) is 0 Å². The molecule has 0 amide bonds. The van der Waals surface area contributed by atoms with E-state index in [1.54, 1.807) is 0 Å². The second-order valence-electron chi connectivity index (χ2n) is 2.33. The summed E-state index contributed by atoms with van der Waals surface area (Å²) in [6.45, 7) is 0. The van der Waals surface area contributed by atoms with Gasteiger partial charge in [-0.3, -0.25) is 9.59 Å². The van der Waals surface area contributed by atoms with Gasteiger partial charge in [0.25, 0.3) is 0 Å². The van der Waals surface area contributed by atoms with Gasteiger partial charge in [-0.05, 0) is 0 Å².